The van der Waals surface area contributed by atoms with E-state index in [1.165, 1.54) is 6.92 Å². The van der Waals surface area contributed by atoms with Gasteiger partial charge in [0.25, 0.3) is 0 Å². The molecule has 0 amide bonds. The van der Waals surface area contributed by atoms with Gasteiger partial charge < -0.3 is 25.2 Å². The normalized spacial score (nSPS) is 41.0. The molecule has 108 valence electrons. The first-order valence-corrected chi connectivity index (χ1v) is 7.07. The van der Waals surface area contributed by atoms with Gasteiger partial charge in [-0.15, -0.1) is 0 Å². The predicted octanol–water partition coefficient (Wildman–Crippen LogP) is -0.575. The number of hydrogen-bond donors (Lipinski definition) is 4. The van der Waals surface area contributed by atoms with Crippen LogP contribution in [-0.2, 0) is 4.74 Å². The van der Waals surface area contributed by atoms with Crippen molar-refractivity contribution in [2.45, 2.75) is 69.2 Å². The van der Waals surface area contributed by atoms with Gasteiger partial charge in [-0.2, -0.15) is 12.6 Å². The Morgan fingerprint density at radius 3 is 2.39 bits per heavy atom. The SMILES string of the molecule is C[C@@H]1O[C@@H]([O-])[C@@H](O)[C@@](O)(CCCCCCS)[C@@H]1O. The van der Waals surface area contributed by atoms with Gasteiger partial charge >= 0.3 is 0 Å². The van der Waals surface area contributed by atoms with Gasteiger partial charge in [0.2, 0.25) is 0 Å². The van der Waals surface area contributed by atoms with Crippen LogP contribution in [0.4, 0.5) is 0 Å². The second-order valence-corrected chi connectivity index (χ2v) is 5.43. The molecule has 0 saturated carbocycles. The third-order valence-corrected chi connectivity index (χ3v) is 3.88. The summed E-state index contributed by atoms with van der Waals surface area (Å²) in [6.45, 7) is 1.52. The lowest BCUT2D eigenvalue weighted by Gasteiger charge is -2.50. The zero-order valence-electron chi connectivity index (χ0n) is 10.7. The van der Waals surface area contributed by atoms with Gasteiger partial charge in [0.1, 0.15) is 11.7 Å². The smallest absolute Gasteiger partial charge is 0.120 e. The van der Waals surface area contributed by atoms with E-state index in [2.05, 4.69) is 12.6 Å². The van der Waals surface area contributed by atoms with E-state index in [-0.39, 0.29) is 6.42 Å². The minimum atomic E-state index is -1.76. The molecular formula is C12H23O5S-. The summed E-state index contributed by atoms with van der Waals surface area (Å²) in [5.41, 5.74) is -1.76. The average molecular weight is 279 g/mol. The number of thiol groups is 1. The molecular weight excluding hydrogens is 256 g/mol. The average Bonchev–Trinajstić information content (AvgIpc) is 2.34. The maximum atomic E-state index is 11.4. The van der Waals surface area contributed by atoms with Crippen molar-refractivity contribution >= 4 is 12.6 Å². The van der Waals surface area contributed by atoms with Crippen molar-refractivity contribution in [3.05, 3.63) is 0 Å². The molecule has 0 aromatic rings. The molecule has 1 fully saturated rings. The fourth-order valence-electron chi connectivity index (χ4n) is 2.35. The van der Waals surface area contributed by atoms with Gasteiger partial charge in [0.05, 0.1) is 12.2 Å². The molecule has 1 aliphatic rings. The third-order valence-electron chi connectivity index (χ3n) is 3.56. The summed E-state index contributed by atoms with van der Waals surface area (Å²) in [6, 6.07) is 0. The Labute approximate surface area is 113 Å². The van der Waals surface area contributed by atoms with Gasteiger partial charge in [-0.25, -0.2) is 0 Å². The molecule has 1 rings (SSSR count). The van der Waals surface area contributed by atoms with E-state index in [1.54, 1.807) is 0 Å². The van der Waals surface area contributed by atoms with Gasteiger partial charge in [-0.1, -0.05) is 19.3 Å². The second-order valence-electron chi connectivity index (χ2n) is 4.98. The lowest BCUT2D eigenvalue weighted by molar-refractivity contribution is -0.538. The maximum Gasteiger partial charge on any atom is 0.120 e. The van der Waals surface area contributed by atoms with Crippen LogP contribution in [0.15, 0.2) is 0 Å². The third kappa shape index (κ3) is 3.59. The molecule has 0 aliphatic carbocycles. The van der Waals surface area contributed by atoms with Crippen molar-refractivity contribution in [2.24, 2.45) is 0 Å². The Bertz CT molecular complexity index is 237. The summed E-state index contributed by atoms with van der Waals surface area (Å²) < 4.78 is 4.83. The molecule has 6 heteroatoms. The molecule has 0 bridgehead atoms. The number of ether oxygens (including phenoxy) is 1. The van der Waals surface area contributed by atoms with E-state index in [9.17, 15) is 20.4 Å². The van der Waals surface area contributed by atoms with Crippen LogP contribution in [-0.4, -0.2) is 51.3 Å². The summed E-state index contributed by atoms with van der Waals surface area (Å²) in [6.07, 6.45) is -1.58. The Hall–Kier alpha value is 0.150. The molecule has 5 atom stereocenters. The van der Waals surface area contributed by atoms with E-state index in [1.807, 2.05) is 0 Å². The van der Waals surface area contributed by atoms with Crippen molar-refractivity contribution in [1.82, 2.24) is 0 Å². The van der Waals surface area contributed by atoms with Crippen molar-refractivity contribution < 1.29 is 25.2 Å². The van der Waals surface area contributed by atoms with Crippen LogP contribution in [0.25, 0.3) is 0 Å². The number of aliphatic hydroxyl groups excluding tert-OH is 2. The van der Waals surface area contributed by atoms with Crippen LogP contribution in [0, 0.1) is 0 Å². The number of aliphatic hydroxyl groups is 3. The van der Waals surface area contributed by atoms with E-state index in [0.29, 0.717) is 6.42 Å². The topological polar surface area (TPSA) is 93.0 Å². The van der Waals surface area contributed by atoms with Gasteiger partial charge in [0.15, 0.2) is 0 Å². The maximum absolute atomic E-state index is 11.4. The van der Waals surface area contributed by atoms with Crippen molar-refractivity contribution in [3.8, 4) is 0 Å². The molecule has 1 aliphatic heterocycles. The molecule has 0 unspecified atom stereocenters. The van der Waals surface area contributed by atoms with E-state index < -0.39 is 30.2 Å². The van der Waals surface area contributed by atoms with Crippen LogP contribution in [0.5, 0.6) is 0 Å². The van der Waals surface area contributed by atoms with Gasteiger partial charge in [-0.05, 0) is 25.5 Å². The Balaban J connectivity index is 2.51. The Morgan fingerprint density at radius 1 is 1.17 bits per heavy atom. The first-order valence-electron chi connectivity index (χ1n) is 6.44. The molecule has 5 nitrogen and oxygen atoms in total. The van der Waals surface area contributed by atoms with Crippen LogP contribution in [0.3, 0.4) is 0 Å². The monoisotopic (exact) mass is 279 g/mol. The number of unbranched alkanes of at least 4 members (excludes halogenated alkanes) is 3. The predicted molar refractivity (Wildman–Crippen MR) is 68.2 cm³/mol. The minimum absolute atomic E-state index is 0.203. The number of hydrogen-bond acceptors (Lipinski definition) is 6. The summed E-state index contributed by atoms with van der Waals surface area (Å²) in [7, 11) is 0. The molecule has 1 heterocycles. The highest BCUT2D eigenvalue weighted by Gasteiger charge is 2.49. The Kier molecular flexibility index (Phi) is 6.37. The van der Waals surface area contributed by atoms with Gasteiger partial charge in [0, 0.05) is 6.29 Å². The minimum Gasteiger partial charge on any atom is -0.829 e. The highest BCUT2D eigenvalue weighted by atomic mass is 32.1. The zero-order chi connectivity index (χ0) is 13.8. The quantitative estimate of drug-likeness (QED) is 0.386. The van der Waals surface area contributed by atoms with Crippen LogP contribution in [0.2, 0.25) is 0 Å². The van der Waals surface area contributed by atoms with E-state index >= 15 is 0 Å². The molecule has 18 heavy (non-hydrogen) atoms. The molecule has 0 spiro atoms. The lowest BCUT2D eigenvalue weighted by atomic mass is 9.80. The summed E-state index contributed by atoms with van der Waals surface area (Å²) in [5, 5.41) is 41.4. The lowest BCUT2D eigenvalue weighted by Crippen LogP contribution is -2.68. The molecule has 0 radical (unpaired) electrons. The molecule has 1 saturated heterocycles. The summed E-state index contributed by atoms with van der Waals surface area (Å²) in [5.74, 6) is 0.822. The van der Waals surface area contributed by atoms with Crippen molar-refractivity contribution in [2.75, 3.05) is 5.75 Å². The highest BCUT2D eigenvalue weighted by Crippen LogP contribution is 2.32. The van der Waals surface area contributed by atoms with E-state index in [0.717, 1.165) is 25.0 Å². The van der Waals surface area contributed by atoms with Crippen LogP contribution in [0.1, 0.15) is 39.0 Å². The fraction of sp³-hybridized carbons (Fsp3) is 1.00. The van der Waals surface area contributed by atoms with Crippen molar-refractivity contribution in [1.29, 1.82) is 0 Å². The standard InChI is InChI=1S/C12H23O5S/c1-8-9(13)12(16,10(14)11(15)17-8)6-4-2-3-5-7-18/h8-11,13-14,16,18H,2-7H2,1H3/q-1/t8-,9+,10+,11+,12+/m0/s1. The molecule has 3 N–H and O–H groups in total. The first-order chi connectivity index (χ1) is 8.43. The largest absolute Gasteiger partial charge is 0.829 e. The first kappa shape index (κ1) is 16.2. The summed E-state index contributed by atoms with van der Waals surface area (Å²) in [4.78, 5) is 0. The fourth-order valence-corrected chi connectivity index (χ4v) is 2.57. The van der Waals surface area contributed by atoms with Crippen LogP contribution >= 0.6 is 12.6 Å². The molecule has 0 aromatic carbocycles. The van der Waals surface area contributed by atoms with Crippen LogP contribution < -0.4 is 5.11 Å². The van der Waals surface area contributed by atoms with Gasteiger partial charge in [-0.3, -0.25) is 0 Å². The molecule has 0 aromatic heterocycles. The van der Waals surface area contributed by atoms with E-state index in [4.69, 9.17) is 4.74 Å². The highest BCUT2D eigenvalue weighted by molar-refractivity contribution is 7.80. The second kappa shape index (κ2) is 7.07. The zero-order valence-corrected chi connectivity index (χ0v) is 11.6. The number of rotatable bonds is 6. The summed E-state index contributed by atoms with van der Waals surface area (Å²) >= 11 is 4.11. The van der Waals surface area contributed by atoms with Crippen molar-refractivity contribution in [3.63, 3.8) is 0 Å². The Morgan fingerprint density at radius 2 is 1.78 bits per heavy atom.